The van der Waals surface area contributed by atoms with E-state index in [0.717, 1.165) is 0 Å². The summed E-state index contributed by atoms with van der Waals surface area (Å²) in [5.41, 5.74) is 1.38. The molecule has 0 aliphatic heterocycles. The summed E-state index contributed by atoms with van der Waals surface area (Å²) in [5, 5.41) is 17.9. The van der Waals surface area contributed by atoms with Crippen molar-refractivity contribution in [3.8, 4) is 23.0 Å². The zero-order valence-electron chi connectivity index (χ0n) is 14.3. The molecule has 0 saturated heterocycles. The first-order valence-electron chi connectivity index (χ1n) is 7.85. The van der Waals surface area contributed by atoms with Gasteiger partial charge in [0, 0.05) is 16.7 Å². The molecule has 8 heteroatoms. The third kappa shape index (κ3) is 4.86. The van der Waals surface area contributed by atoms with E-state index in [1.807, 2.05) is 0 Å². The maximum absolute atomic E-state index is 11.8. The molecule has 0 aliphatic carbocycles. The number of halogens is 1. The maximum atomic E-state index is 11.8. The monoisotopic (exact) mass is 386 g/mol. The number of esters is 1. The number of aromatic nitrogens is 2. The van der Waals surface area contributed by atoms with Crippen molar-refractivity contribution >= 4 is 23.6 Å². The molecule has 0 saturated carbocycles. The van der Waals surface area contributed by atoms with Crippen LogP contribution in [0.1, 0.15) is 11.5 Å². The minimum absolute atomic E-state index is 0.0186. The number of aromatic hydroxyl groups is 1. The summed E-state index contributed by atoms with van der Waals surface area (Å²) in [7, 11) is 1.44. The Morgan fingerprint density at radius 2 is 2.00 bits per heavy atom. The first-order valence-corrected chi connectivity index (χ1v) is 8.23. The molecule has 7 nitrogen and oxygen atoms in total. The van der Waals surface area contributed by atoms with Crippen LogP contribution < -0.4 is 4.74 Å². The van der Waals surface area contributed by atoms with Crippen LogP contribution in [0.3, 0.4) is 0 Å². The van der Waals surface area contributed by atoms with Crippen molar-refractivity contribution in [3.63, 3.8) is 0 Å². The van der Waals surface area contributed by atoms with E-state index in [1.54, 1.807) is 36.4 Å². The van der Waals surface area contributed by atoms with Gasteiger partial charge in [0.2, 0.25) is 5.89 Å². The van der Waals surface area contributed by atoms with E-state index in [4.69, 9.17) is 25.5 Å². The molecule has 1 N–H and O–H groups in total. The van der Waals surface area contributed by atoms with Crippen LogP contribution in [0.5, 0.6) is 11.5 Å². The smallest absolute Gasteiger partial charge is 0.331 e. The highest BCUT2D eigenvalue weighted by Gasteiger charge is 2.10. The van der Waals surface area contributed by atoms with E-state index in [9.17, 15) is 9.90 Å². The van der Waals surface area contributed by atoms with Gasteiger partial charge in [0.25, 0.3) is 5.89 Å². The number of phenols is 1. The summed E-state index contributed by atoms with van der Waals surface area (Å²) in [6, 6.07) is 11.6. The minimum Gasteiger partial charge on any atom is -0.504 e. The van der Waals surface area contributed by atoms with Crippen LogP contribution in [0.25, 0.3) is 17.5 Å². The average Bonchev–Trinajstić information content (AvgIpc) is 3.15. The number of methoxy groups -OCH3 is 1. The summed E-state index contributed by atoms with van der Waals surface area (Å²) in [6.45, 7) is -0.150. The molecular formula is C19H15ClN2O5. The quantitative estimate of drug-likeness (QED) is 0.507. The van der Waals surface area contributed by atoms with E-state index >= 15 is 0 Å². The second-order valence-corrected chi connectivity index (χ2v) is 5.82. The molecule has 1 heterocycles. The van der Waals surface area contributed by atoms with E-state index in [0.29, 0.717) is 27.8 Å². The number of phenolic OH excluding ortho intramolecular Hbond substituents is 1. The third-order valence-electron chi connectivity index (χ3n) is 3.51. The molecule has 0 fully saturated rings. The van der Waals surface area contributed by atoms with Crippen molar-refractivity contribution in [1.29, 1.82) is 0 Å². The summed E-state index contributed by atoms with van der Waals surface area (Å²) >= 11 is 5.84. The van der Waals surface area contributed by atoms with Gasteiger partial charge in [-0.25, -0.2) is 4.79 Å². The van der Waals surface area contributed by atoms with Gasteiger partial charge in [0.15, 0.2) is 18.1 Å². The Kier molecular flexibility index (Phi) is 5.73. The zero-order chi connectivity index (χ0) is 19.2. The Morgan fingerprint density at radius 3 is 2.74 bits per heavy atom. The van der Waals surface area contributed by atoms with Crippen molar-refractivity contribution in [2.24, 2.45) is 0 Å². The van der Waals surface area contributed by atoms with Crippen molar-refractivity contribution in [2.45, 2.75) is 6.61 Å². The van der Waals surface area contributed by atoms with Crippen LogP contribution in [-0.4, -0.2) is 28.4 Å². The predicted octanol–water partition coefficient (Wildman–Crippen LogP) is 3.86. The second kappa shape index (κ2) is 8.37. The minimum atomic E-state index is -0.576. The highest BCUT2D eigenvalue weighted by molar-refractivity contribution is 6.30. The molecule has 3 rings (SSSR count). The third-order valence-corrected chi connectivity index (χ3v) is 3.76. The topological polar surface area (TPSA) is 94.7 Å². The molecule has 0 bridgehead atoms. The molecule has 138 valence electrons. The number of rotatable bonds is 6. The summed E-state index contributed by atoms with van der Waals surface area (Å²) in [4.78, 5) is 11.8. The normalized spacial score (nSPS) is 10.9. The van der Waals surface area contributed by atoms with Gasteiger partial charge in [-0.2, -0.15) is 0 Å². The summed E-state index contributed by atoms with van der Waals surface area (Å²) in [5.74, 6) is 0.238. The van der Waals surface area contributed by atoms with Gasteiger partial charge < -0.3 is 19.0 Å². The number of carbonyl (C=O) groups is 1. The Hall–Kier alpha value is -3.32. The van der Waals surface area contributed by atoms with Crippen LogP contribution in [0, 0.1) is 0 Å². The molecule has 3 aromatic rings. The number of carbonyl (C=O) groups excluding carboxylic acids is 1. The second-order valence-electron chi connectivity index (χ2n) is 5.38. The van der Waals surface area contributed by atoms with Gasteiger partial charge in [0.1, 0.15) is 0 Å². The van der Waals surface area contributed by atoms with Gasteiger partial charge in [0.05, 0.1) is 7.11 Å². The highest BCUT2D eigenvalue weighted by atomic mass is 35.5. The van der Waals surface area contributed by atoms with E-state index < -0.39 is 5.97 Å². The summed E-state index contributed by atoms with van der Waals surface area (Å²) in [6.07, 6.45) is 2.79. The van der Waals surface area contributed by atoms with Crippen LogP contribution >= 0.6 is 11.6 Å². The van der Waals surface area contributed by atoms with Gasteiger partial charge in [-0.15, -0.1) is 10.2 Å². The molecule has 0 spiro atoms. The number of hydrogen-bond donors (Lipinski definition) is 1. The van der Waals surface area contributed by atoms with Gasteiger partial charge in [-0.3, -0.25) is 0 Å². The van der Waals surface area contributed by atoms with Crippen molar-refractivity contribution < 1.29 is 23.8 Å². The lowest BCUT2D eigenvalue weighted by atomic mass is 10.2. The van der Waals surface area contributed by atoms with Crippen molar-refractivity contribution in [2.75, 3.05) is 7.11 Å². The Morgan fingerprint density at radius 1 is 1.22 bits per heavy atom. The molecule has 0 amide bonds. The van der Waals surface area contributed by atoms with E-state index in [1.165, 1.54) is 25.3 Å². The first-order chi connectivity index (χ1) is 13.0. The van der Waals surface area contributed by atoms with Crippen LogP contribution in [0.2, 0.25) is 5.02 Å². The molecular weight excluding hydrogens is 372 g/mol. The molecule has 27 heavy (non-hydrogen) atoms. The fraction of sp³-hybridized carbons (Fsp3) is 0.105. The molecule has 0 aliphatic rings. The number of hydrogen-bond acceptors (Lipinski definition) is 7. The predicted molar refractivity (Wildman–Crippen MR) is 98.2 cm³/mol. The molecule has 0 unspecified atom stereocenters. The lowest BCUT2D eigenvalue weighted by Gasteiger charge is -2.03. The Balaban J connectivity index is 1.57. The molecule has 0 radical (unpaired) electrons. The fourth-order valence-corrected chi connectivity index (χ4v) is 2.29. The maximum Gasteiger partial charge on any atom is 0.331 e. The molecule has 2 aromatic carbocycles. The van der Waals surface area contributed by atoms with Crippen molar-refractivity contribution in [1.82, 2.24) is 10.2 Å². The van der Waals surface area contributed by atoms with E-state index in [2.05, 4.69) is 10.2 Å². The molecule has 0 atom stereocenters. The van der Waals surface area contributed by atoms with Crippen LogP contribution in [0.4, 0.5) is 0 Å². The standard InChI is InChI=1S/C19H15ClN2O5/c1-25-16-10-12(2-8-15(16)23)3-9-18(24)26-11-17-21-22-19(27-17)13-4-6-14(20)7-5-13/h2-10,23H,11H2,1H3/b9-3+. The zero-order valence-corrected chi connectivity index (χ0v) is 15.0. The Bertz CT molecular complexity index is 966. The lowest BCUT2D eigenvalue weighted by molar-refractivity contribution is -0.139. The van der Waals surface area contributed by atoms with Crippen LogP contribution in [0.15, 0.2) is 53.0 Å². The van der Waals surface area contributed by atoms with Crippen LogP contribution in [-0.2, 0) is 16.1 Å². The largest absolute Gasteiger partial charge is 0.504 e. The summed E-state index contributed by atoms with van der Waals surface area (Å²) < 4.78 is 15.5. The first kappa shape index (κ1) is 18.5. The van der Waals surface area contributed by atoms with Gasteiger partial charge in [-0.05, 0) is 48.0 Å². The lowest BCUT2D eigenvalue weighted by Crippen LogP contribution is -2.00. The number of ether oxygens (including phenoxy) is 2. The SMILES string of the molecule is COc1cc(/C=C/C(=O)OCc2nnc(-c3ccc(Cl)cc3)o2)ccc1O. The Labute approximate surface area is 159 Å². The number of benzene rings is 2. The van der Waals surface area contributed by atoms with E-state index in [-0.39, 0.29) is 18.2 Å². The highest BCUT2D eigenvalue weighted by Crippen LogP contribution is 2.26. The van der Waals surface area contributed by atoms with Gasteiger partial charge in [-0.1, -0.05) is 17.7 Å². The molecule has 1 aromatic heterocycles. The number of nitrogens with zero attached hydrogens (tertiary/aromatic N) is 2. The fourth-order valence-electron chi connectivity index (χ4n) is 2.16. The van der Waals surface area contributed by atoms with Gasteiger partial charge >= 0.3 is 5.97 Å². The average molecular weight is 387 g/mol. The van der Waals surface area contributed by atoms with Crippen molar-refractivity contribution in [3.05, 3.63) is 65.0 Å².